The summed E-state index contributed by atoms with van der Waals surface area (Å²) in [6.45, 7) is 11.9. The quantitative estimate of drug-likeness (QED) is 0.268. The highest BCUT2D eigenvalue weighted by atomic mass is 16.7. The smallest absolute Gasteiger partial charge is 0.303 e. The summed E-state index contributed by atoms with van der Waals surface area (Å²) in [5.41, 5.74) is -0.745. The summed E-state index contributed by atoms with van der Waals surface area (Å²) in [5.74, 6) is 1.00. The molecule has 9 nitrogen and oxygen atoms in total. The Morgan fingerprint density at radius 3 is 2.34 bits per heavy atom. The molecular weight excluding hydrogens is 564 g/mol. The van der Waals surface area contributed by atoms with E-state index >= 15 is 0 Å². The van der Waals surface area contributed by atoms with E-state index in [0.717, 1.165) is 38.5 Å². The van der Waals surface area contributed by atoms with Crippen molar-refractivity contribution in [2.75, 3.05) is 6.61 Å². The van der Waals surface area contributed by atoms with E-state index in [1.54, 1.807) is 13.8 Å². The molecule has 0 aromatic carbocycles. The van der Waals surface area contributed by atoms with Crippen LogP contribution in [-0.4, -0.2) is 87.6 Å². The van der Waals surface area contributed by atoms with Crippen LogP contribution in [-0.2, 0) is 23.7 Å². The summed E-state index contributed by atoms with van der Waals surface area (Å²) in [6, 6.07) is 0. The largest absolute Gasteiger partial charge is 0.457 e. The van der Waals surface area contributed by atoms with Crippen LogP contribution in [0.15, 0.2) is 0 Å². The molecule has 2 spiro atoms. The highest BCUT2D eigenvalue weighted by Gasteiger charge is 2.81. The first-order valence-corrected chi connectivity index (χ1v) is 17.4. The molecule has 2 aliphatic heterocycles. The van der Waals surface area contributed by atoms with Gasteiger partial charge in [0, 0.05) is 13.3 Å². The Morgan fingerprint density at radius 1 is 0.932 bits per heavy atom. The lowest BCUT2D eigenvalue weighted by Crippen LogP contribution is -2.56. The van der Waals surface area contributed by atoms with Gasteiger partial charge in [-0.3, -0.25) is 4.79 Å². The Kier molecular flexibility index (Phi) is 7.47. The highest BCUT2D eigenvalue weighted by Crippen LogP contribution is 2.87. The van der Waals surface area contributed by atoms with Gasteiger partial charge in [-0.15, -0.1) is 0 Å². The molecule has 15 atom stereocenters. The van der Waals surface area contributed by atoms with E-state index in [1.165, 1.54) is 19.8 Å². The van der Waals surface area contributed by atoms with Crippen LogP contribution in [0.2, 0.25) is 0 Å². The number of hydrogen-bond donors (Lipinski definition) is 4. The number of aliphatic hydroxyl groups is 4. The van der Waals surface area contributed by atoms with E-state index in [2.05, 4.69) is 20.8 Å². The molecule has 0 bridgehead atoms. The molecule has 0 radical (unpaired) electrons. The van der Waals surface area contributed by atoms with Gasteiger partial charge < -0.3 is 39.4 Å². The first-order valence-electron chi connectivity index (χ1n) is 17.4. The number of aliphatic hydroxyl groups excluding tert-OH is 3. The third-order valence-electron chi connectivity index (χ3n) is 14.5. The van der Waals surface area contributed by atoms with Gasteiger partial charge in [0.25, 0.3) is 0 Å². The number of ether oxygens (including phenoxy) is 4. The van der Waals surface area contributed by atoms with Crippen LogP contribution in [0.3, 0.4) is 0 Å². The number of carbonyl (C=O) groups is 1. The number of esters is 1. The molecule has 7 fully saturated rings. The average molecular weight is 621 g/mol. The summed E-state index contributed by atoms with van der Waals surface area (Å²) in [6.07, 6.45) is 5.58. The zero-order valence-corrected chi connectivity index (χ0v) is 27.5. The van der Waals surface area contributed by atoms with Crippen LogP contribution in [0.1, 0.15) is 106 Å². The van der Waals surface area contributed by atoms with Gasteiger partial charge in [-0.05, 0) is 117 Å². The number of rotatable bonds is 5. The molecule has 0 aromatic rings. The minimum absolute atomic E-state index is 0.00675. The van der Waals surface area contributed by atoms with Gasteiger partial charge in [-0.1, -0.05) is 20.8 Å². The molecule has 0 amide bonds. The standard InChI is InChI=1S/C35H56O9/c1-18(36)42-30(32(4,5)40)23-9-7-20-29(43-23)28(39)27-19-8-10-24-31(2,3)25(44-26-15-21(37)22(38)16-41-26)11-12-35(24)17-34(19,35)14-13-33(20,27)6/h19-30,37-40H,7-17H2,1-6H3/t19-,20?,21+,22+,23+,24?,25-,26?,27?,28?,29-,30-,33+,34-,35?/m0/s1. The second-order valence-electron chi connectivity index (χ2n) is 17.4. The monoisotopic (exact) mass is 620 g/mol. The Hall–Kier alpha value is -0.810. The second kappa shape index (κ2) is 10.3. The molecule has 9 heteroatoms. The Morgan fingerprint density at radius 2 is 1.66 bits per heavy atom. The maximum atomic E-state index is 12.1. The fourth-order valence-corrected chi connectivity index (χ4v) is 12.6. The van der Waals surface area contributed by atoms with Crippen molar-refractivity contribution in [3.8, 4) is 0 Å². The van der Waals surface area contributed by atoms with Gasteiger partial charge in [-0.25, -0.2) is 0 Å². The summed E-state index contributed by atoms with van der Waals surface area (Å²) >= 11 is 0. The zero-order chi connectivity index (χ0) is 31.6. The first kappa shape index (κ1) is 31.8. The Labute approximate surface area is 262 Å². The lowest BCUT2D eigenvalue weighted by atomic mass is 9.46. The normalized spacial score (nSPS) is 53.3. The predicted octanol–water partition coefficient (Wildman–Crippen LogP) is 3.72. The van der Waals surface area contributed by atoms with Crippen molar-refractivity contribution in [2.45, 2.75) is 160 Å². The molecule has 0 aromatic heterocycles. The van der Waals surface area contributed by atoms with Gasteiger partial charge in [0.05, 0.1) is 42.7 Å². The van der Waals surface area contributed by atoms with Crippen LogP contribution in [0.5, 0.6) is 0 Å². The topological polar surface area (TPSA) is 135 Å². The Bertz CT molecular complexity index is 1140. The molecule has 4 N–H and O–H groups in total. The lowest BCUT2D eigenvalue weighted by Gasteiger charge is -2.60. The van der Waals surface area contributed by atoms with Crippen molar-refractivity contribution in [1.29, 1.82) is 0 Å². The molecular formula is C35H56O9. The minimum Gasteiger partial charge on any atom is -0.457 e. The number of fused-ring (bicyclic) bond motifs is 4. The van der Waals surface area contributed by atoms with Gasteiger partial charge >= 0.3 is 5.97 Å². The van der Waals surface area contributed by atoms with E-state index in [4.69, 9.17) is 18.9 Å². The van der Waals surface area contributed by atoms with E-state index in [-0.39, 0.29) is 52.3 Å². The van der Waals surface area contributed by atoms with Crippen molar-refractivity contribution in [3.05, 3.63) is 0 Å². The van der Waals surface area contributed by atoms with E-state index in [0.29, 0.717) is 24.7 Å². The summed E-state index contributed by atoms with van der Waals surface area (Å²) in [7, 11) is 0. The van der Waals surface area contributed by atoms with Crippen LogP contribution in [0.25, 0.3) is 0 Å². The molecule has 5 aliphatic carbocycles. The molecule has 44 heavy (non-hydrogen) atoms. The number of carbonyl (C=O) groups excluding carboxylic acids is 1. The molecule has 7 rings (SSSR count). The first-order chi connectivity index (χ1) is 20.5. The van der Waals surface area contributed by atoms with Crippen molar-refractivity contribution in [2.24, 2.45) is 45.3 Å². The molecule has 6 unspecified atom stereocenters. The van der Waals surface area contributed by atoms with E-state index in [1.807, 2.05) is 0 Å². The maximum Gasteiger partial charge on any atom is 0.303 e. The zero-order valence-electron chi connectivity index (χ0n) is 27.5. The fraction of sp³-hybridized carbons (Fsp3) is 0.971. The predicted molar refractivity (Wildman–Crippen MR) is 160 cm³/mol. The van der Waals surface area contributed by atoms with Gasteiger partial charge in [0.2, 0.25) is 0 Å². The summed E-state index contributed by atoms with van der Waals surface area (Å²) in [5, 5.41) is 43.1. The minimum atomic E-state index is -1.24. The lowest BCUT2D eigenvalue weighted by molar-refractivity contribution is -0.264. The molecule has 2 heterocycles. The van der Waals surface area contributed by atoms with E-state index in [9.17, 15) is 25.2 Å². The van der Waals surface area contributed by atoms with Crippen molar-refractivity contribution in [1.82, 2.24) is 0 Å². The van der Waals surface area contributed by atoms with Crippen molar-refractivity contribution in [3.63, 3.8) is 0 Å². The van der Waals surface area contributed by atoms with Crippen molar-refractivity contribution >= 4 is 5.97 Å². The molecule has 2 saturated heterocycles. The van der Waals surface area contributed by atoms with Crippen molar-refractivity contribution < 1.29 is 44.2 Å². The van der Waals surface area contributed by atoms with Crippen LogP contribution < -0.4 is 0 Å². The Balaban J connectivity index is 1.09. The van der Waals surface area contributed by atoms with Gasteiger partial charge in [-0.2, -0.15) is 0 Å². The molecule has 7 aliphatic rings. The highest BCUT2D eigenvalue weighted by molar-refractivity contribution is 5.66. The third-order valence-corrected chi connectivity index (χ3v) is 14.5. The van der Waals surface area contributed by atoms with Crippen LogP contribution >= 0.6 is 0 Å². The molecule has 5 saturated carbocycles. The third kappa shape index (κ3) is 4.46. The van der Waals surface area contributed by atoms with Gasteiger partial charge in [0.15, 0.2) is 12.4 Å². The summed E-state index contributed by atoms with van der Waals surface area (Å²) in [4.78, 5) is 11.9. The number of hydrogen-bond acceptors (Lipinski definition) is 9. The van der Waals surface area contributed by atoms with E-state index < -0.39 is 48.4 Å². The SMILES string of the molecule is CC(=O)O[C@@H]([C@H]1CCC2[C@H](O1)C(O)C1[C@@H]3CCC4C(C)(C)[C@@H](OC5C[C@@H](O)[C@H](O)CO5)CCC45C[C@@]35CC[C@]21C)C(C)(C)O. The summed E-state index contributed by atoms with van der Waals surface area (Å²) < 4.78 is 24.6. The van der Waals surface area contributed by atoms with Crippen LogP contribution in [0.4, 0.5) is 0 Å². The maximum absolute atomic E-state index is 12.1. The molecule has 250 valence electrons. The average Bonchev–Trinajstić information content (AvgIpc) is 3.55. The van der Waals surface area contributed by atoms with Gasteiger partial charge in [0.1, 0.15) is 6.10 Å². The van der Waals surface area contributed by atoms with Crippen LogP contribution in [0, 0.1) is 45.3 Å². The fourth-order valence-electron chi connectivity index (χ4n) is 12.6. The second-order valence-corrected chi connectivity index (χ2v) is 17.4.